The van der Waals surface area contributed by atoms with Gasteiger partial charge in [0.15, 0.2) is 17.5 Å². The van der Waals surface area contributed by atoms with Gasteiger partial charge in [-0.2, -0.15) is 0 Å². The Labute approximate surface area is 120 Å². The fraction of sp³-hybridized carbons (Fsp3) is 0.200. The second kappa shape index (κ2) is 6.99. The summed E-state index contributed by atoms with van der Waals surface area (Å²) in [5.74, 6) is -4.04. The SMILES string of the molecule is CCOc1cc(F)c(F)c(F)c1CNNc1ccccc1. The molecule has 0 radical (unpaired) electrons. The van der Waals surface area contributed by atoms with Crippen molar-refractivity contribution in [2.24, 2.45) is 0 Å². The van der Waals surface area contributed by atoms with Crippen molar-refractivity contribution in [3.63, 3.8) is 0 Å². The molecule has 0 aliphatic rings. The zero-order valence-electron chi connectivity index (χ0n) is 11.4. The highest BCUT2D eigenvalue weighted by atomic mass is 19.2. The third-order valence-electron chi connectivity index (χ3n) is 2.79. The van der Waals surface area contributed by atoms with E-state index in [0.717, 1.165) is 11.8 Å². The van der Waals surface area contributed by atoms with Gasteiger partial charge in [0.1, 0.15) is 5.75 Å². The van der Waals surface area contributed by atoms with Crippen molar-refractivity contribution < 1.29 is 17.9 Å². The number of nitrogens with one attached hydrogen (secondary N) is 2. The van der Waals surface area contributed by atoms with Crippen molar-refractivity contribution in [1.82, 2.24) is 5.43 Å². The van der Waals surface area contributed by atoms with Gasteiger partial charge in [-0.25, -0.2) is 18.6 Å². The smallest absolute Gasteiger partial charge is 0.195 e. The van der Waals surface area contributed by atoms with Gasteiger partial charge >= 0.3 is 0 Å². The summed E-state index contributed by atoms with van der Waals surface area (Å²) in [5, 5.41) is 0. The Balaban J connectivity index is 2.13. The first kappa shape index (κ1) is 15.2. The number of hydrogen-bond acceptors (Lipinski definition) is 3. The van der Waals surface area contributed by atoms with Crippen LogP contribution in [0.2, 0.25) is 0 Å². The zero-order valence-corrected chi connectivity index (χ0v) is 11.4. The van der Waals surface area contributed by atoms with Gasteiger partial charge in [-0.1, -0.05) is 18.2 Å². The summed E-state index contributed by atoms with van der Waals surface area (Å²) in [6.45, 7) is 1.84. The zero-order chi connectivity index (χ0) is 15.2. The molecule has 2 aromatic rings. The molecule has 2 aromatic carbocycles. The maximum absolute atomic E-state index is 13.8. The highest BCUT2D eigenvalue weighted by Gasteiger charge is 2.19. The van der Waals surface area contributed by atoms with Crippen LogP contribution < -0.4 is 15.6 Å². The Kier molecular flexibility index (Phi) is 5.05. The van der Waals surface area contributed by atoms with Gasteiger partial charge in [0.05, 0.1) is 6.61 Å². The first-order chi connectivity index (χ1) is 10.1. The molecule has 0 aliphatic heterocycles. The summed E-state index contributed by atoms with van der Waals surface area (Å²) in [4.78, 5) is 0. The lowest BCUT2D eigenvalue weighted by Crippen LogP contribution is -2.22. The van der Waals surface area contributed by atoms with Crippen LogP contribution in [0.3, 0.4) is 0 Å². The van der Waals surface area contributed by atoms with E-state index in [1.54, 1.807) is 19.1 Å². The molecule has 0 aliphatic carbocycles. The lowest BCUT2D eigenvalue weighted by atomic mass is 10.1. The molecule has 0 amide bonds. The molecule has 0 bridgehead atoms. The average Bonchev–Trinajstić information content (AvgIpc) is 2.49. The minimum absolute atomic E-state index is 0.0174. The standard InChI is InChI=1S/C15H15F3N2O/c1-2-21-13-8-12(16)15(18)14(17)11(13)9-19-20-10-6-4-3-5-7-10/h3-8,19-20H,2,9H2,1H3. The summed E-state index contributed by atoms with van der Waals surface area (Å²) < 4.78 is 45.5. The maximum atomic E-state index is 13.8. The molecule has 0 unspecified atom stereocenters. The minimum Gasteiger partial charge on any atom is -0.493 e. The Morgan fingerprint density at radius 1 is 1.05 bits per heavy atom. The van der Waals surface area contributed by atoms with E-state index in [1.165, 1.54) is 0 Å². The monoisotopic (exact) mass is 296 g/mol. The van der Waals surface area contributed by atoms with Crippen LogP contribution in [0.15, 0.2) is 36.4 Å². The Hall–Kier alpha value is -2.21. The number of halogens is 3. The van der Waals surface area contributed by atoms with Crippen LogP contribution >= 0.6 is 0 Å². The van der Waals surface area contributed by atoms with Crippen molar-refractivity contribution >= 4 is 5.69 Å². The van der Waals surface area contributed by atoms with E-state index in [-0.39, 0.29) is 24.5 Å². The molecule has 6 heteroatoms. The topological polar surface area (TPSA) is 33.3 Å². The van der Waals surface area contributed by atoms with Gasteiger partial charge in [0, 0.05) is 23.9 Å². The molecule has 0 fully saturated rings. The van der Waals surface area contributed by atoms with Crippen molar-refractivity contribution in [1.29, 1.82) is 0 Å². The van der Waals surface area contributed by atoms with Gasteiger partial charge in [0.25, 0.3) is 0 Å². The van der Waals surface area contributed by atoms with Gasteiger partial charge in [0.2, 0.25) is 0 Å². The number of ether oxygens (including phenoxy) is 1. The van der Waals surface area contributed by atoms with E-state index in [4.69, 9.17) is 4.74 Å². The second-order valence-corrected chi connectivity index (χ2v) is 4.24. The van der Waals surface area contributed by atoms with Crippen LogP contribution in [0.1, 0.15) is 12.5 Å². The van der Waals surface area contributed by atoms with Gasteiger partial charge < -0.3 is 10.2 Å². The third kappa shape index (κ3) is 3.66. The molecule has 0 spiro atoms. The summed E-state index contributed by atoms with van der Waals surface area (Å²) in [6, 6.07) is 9.96. The molecule has 0 atom stereocenters. The quantitative estimate of drug-likeness (QED) is 0.631. The van der Waals surface area contributed by atoms with Crippen LogP contribution in [-0.2, 0) is 6.54 Å². The van der Waals surface area contributed by atoms with Crippen LogP contribution in [0.5, 0.6) is 5.75 Å². The van der Waals surface area contributed by atoms with Gasteiger partial charge in [-0.05, 0) is 19.1 Å². The highest BCUT2D eigenvalue weighted by molar-refractivity contribution is 5.42. The fourth-order valence-corrected chi connectivity index (χ4v) is 1.82. The Bertz CT molecular complexity index is 606. The van der Waals surface area contributed by atoms with E-state index in [9.17, 15) is 13.2 Å². The number of anilines is 1. The normalized spacial score (nSPS) is 10.5. The van der Waals surface area contributed by atoms with Crippen LogP contribution in [0, 0.1) is 17.5 Å². The molecule has 3 nitrogen and oxygen atoms in total. The third-order valence-corrected chi connectivity index (χ3v) is 2.79. The van der Waals surface area contributed by atoms with Crippen molar-refractivity contribution in [3.8, 4) is 5.75 Å². The van der Waals surface area contributed by atoms with Gasteiger partial charge in [-0.3, -0.25) is 0 Å². The van der Waals surface area contributed by atoms with Crippen LogP contribution in [-0.4, -0.2) is 6.61 Å². The molecule has 112 valence electrons. The van der Waals surface area contributed by atoms with Crippen LogP contribution in [0.25, 0.3) is 0 Å². The van der Waals surface area contributed by atoms with Crippen molar-refractivity contribution in [2.45, 2.75) is 13.5 Å². The summed E-state index contributed by atoms with van der Waals surface area (Å²) in [7, 11) is 0. The van der Waals surface area contributed by atoms with E-state index in [0.29, 0.717) is 0 Å². The van der Waals surface area contributed by atoms with E-state index < -0.39 is 17.5 Å². The first-order valence-electron chi connectivity index (χ1n) is 6.46. The molecule has 0 saturated carbocycles. The predicted molar refractivity (Wildman–Crippen MR) is 74.4 cm³/mol. The predicted octanol–water partition coefficient (Wildman–Crippen LogP) is 3.62. The molecule has 0 aromatic heterocycles. The second-order valence-electron chi connectivity index (χ2n) is 4.24. The van der Waals surface area contributed by atoms with Crippen molar-refractivity contribution in [2.75, 3.05) is 12.0 Å². The van der Waals surface area contributed by atoms with E-state index in [1.807, 2.05) is 18.2 Å². The molecule has 2 rings (SSSR count). The molecular weight excluding hydrogens is 281 g/mol. The fourth-order valence-electron chi connectivity index (χ4n) is 1.82. The van der Waals surface area contributed by atoms with Crippen LogP contribution in [0.4, 0.5) is 18.9 Å². The lowest BCUT2D eigenvalue weighted by molar-refractivity contribution is 0.324. The Morgan fingerprint density at radius 2 is 1.76 bits per heavy atom. The average molecular weight is 296 g/mol. The number of hydrogen-bond donors (Lipinski definition) is 2. The van der Waals surface area contributed by atoms with E-state index in [2.05, 4.69) is 10.9 Å². The number of hydrazine groups is 1. The number of para-hydroxylation sites is 1. The lowest BCUT2D eigenvalue weighted by Gasteiger charge is -2.14. The highest BCUT2D eigenvalue weighted by Crippen LogP contribution is 2.26. The Morgan fingerprint density at radius 3 is 2.43 bits per heavy atom. The van der Waals surface area contributed by atoms with Crippen molar-refractivity contribution in [3.05, 3.63) is 59.4 Å². The molecule has 21 heavy (non-hydrogen) atoms. The minimum atomic E-state index is -1.50. The van der Waals surface area contributed by atoms with Gasteiger partial charge in [-0.15, -0.1) is 0 Å². The van der Waals surface area contributed by atoms with E-state index >= 15 is 0 Å². The molecular formula is C15H15F3N2O. The molecule has 0 saturated heterocycles. The number of benzene rings is 2. The number of rotatable bonds is 6. The summed E-state index contributed by atoms with van der Waals surface area (Å²) >= 11 is 0. The summed E-state index contributed by atoms with van der Waals surface area (Å²) in [6.07, 6.45) is 0. The molecule has 0 heterocycles. The maximum Gasteiger partial charge on any atom is 0.195 e. The summed E-state index contributed by atoms with van der Waals surface area (Å²) in [5.41, 5.74) is 6.27. The first-order valence-corrected chi connectivity index (χ1v) is 6.46. The molecule has 2 N–H and O–H groups in total. The largest absolute Gasteiger partial charge is 0.493 e.